The fraction of sp³-hybridized carbons (Fsp3) is 0.533. The third kappa shape index (κ3) is 4.59. The molecule has 1 aromatic carbocycles. The van der Waals surface area contributed by atoms with Gasteiger partial charge in [0.25, 0.3) is 0 Å². The van der Waals surface area contributed by atoms with E-state index in [0.29, 0.717) is 12.2 Å². The van der Waals surface area contributed by atoms with Crippen molar-refractivity contribution in [1.82, 2.24) is 4.72 Å². The average Bonchev–Trinajstić information content (AvgIpc) is 2.57. The number of nitrogens with one attached hydrogen (secondary N) is 1. The predicted molar refractivity (Wildman–Crippen MR) is 85.1 cm³/mol. The lowest BCUT2D eigenvalue weighted by Crippen LogP contribution is -2.45. The van der Waals surface area contributed by atoms with Gasteiger partial charge in [-0.15, -0.1) is 0 Å². The molecule has 23 heavy (non-hydrogen) atoms. The second-order valence-electron chi connectivity index (χ2n) is 5.02. The fourth-order valence-corrected chi connectivity index (χ4v) is 3.29. The summed E-state index contributed by atoms with van der Waals surface area (Å²) >= 11 is 0. The first-order valence-corrected chi connectivity index (χ1v) is 8.61. The standard InChI is InChI=1S/C15H23NO6S/c1-6-10(2)14(15(17)22-5)16-23(18,19)11-7-8-12(20-3)13(9-11)21-4/h7-10,14,16H,6H2,1-5H3/t10-,14+/m0/s1. The summed E-state index contributed by atoms with van der Waals surface area (Å²) in [5.74, 6) is -0.132. The Kier molecular flexibility index (Phi) is 6.83. The van der Waals surface area contributed by atoms with E-state index >= 15 is 0 Å². The Morgan fingerprint density at radius 1 is 1.17 bits per heavy atom. The maximum absolute atomic E-state index is 12.5. The van der Waals surface area contributed by atoms with Crippen LogP contribution in [0, 0.1) is 5.92 Å². The number of ether oxygens (including phenoxy) is 3. The van der Waals surface area contributed by atoms with E-state index in [2.05, 4.69) is 9.46 Å². The summed E-state index contributed by atoms with van der Waals surface area (Å²) in [7, 11) is 0.185. The van der Waals surface area contributed by atoms with Gasteiger partial charge in [0.05, 0.1) is 26.2 Å². The second kappa shape index (κ2) is 8.16. The lowest BCUT2D eigenvalue weighted by Gasteiger charge is -2.22. The lowest BCUT2D eigenvalue weighted by atomic mass is 10.0. The summed E-state index contributed by atoms with van der Waals surface area (Å²) in [6.45, 7) is 3.64. The van der Waals surface area contributed by atoms with E-state index in [-0.39, 0.29) is 16.6 Å². The summed E-state index contributed by atoms with van der Waals surface area (Å²) in [5.41, 5.74) is 0. The van der Waals surface area contributed by atoms with Gasteiger partial charge in [-0.05, 0) is 18.1 Å². The zero-order valence-electron chi connectivity index (χ0n) is 14.0. The van der Waals surface area contributed by atoms with Crippen molar-refractivity contribution in [2.75, 3.05) is 21.3 Å². The minimum atomic E-state index is -3.91. The van der Waals surface area contributed by atoms with Crippen molar-refractivity contribution < 1.29 is 27.4 Å². The van der Waals surface area contributed by atoms with Crippen LogP contribution in [-0.4, -0.2) is 41.8 Å². The van der Waals surface area contributed by atoms with Crippen molar-refractivity contribution in [3.8, 4) is 11.5 Å². The van der Waals surface area contributed by atoms with Crippen molar-refractivity contribution in [1.29, 1.82) is 0 Å². The molecule has 0 fully saturated rings. The molecule has 130 valence electrons. The van der Waals surface area contributed by atoms with Crippen LogP contribution in [0.15, 0.2) is 23.1 Å². The molecule has 0 aliphatic rings. The van der Waals surface area contributed by atoms with E-state index in [1.807, 2.05) is 6.92 Å². The Morgan fingerprint density at radius 2 is 1.78 bits per heavy atom. The number of methoxy groups -OCH3 is 3. The molecule has 7 nitrogen and oxygen atoms in total. The van der Waals surface area contributed by atoms with Crippen molar-refractivity contribution in [2.45, 2.75) is 31.2 Å². The van der Waals surface area contributed by atoms with E-state index in [4.69, 9.17) is 9.47 Å². The molecule has 0 saturated heterocycles. The average molecular weight is 345 g/mol. The molecular formula is C15H23NO6S. The van der Waals surface area contributed by atoms with Gasteiger partial charge in [0.2, 0.25) is 10.0 Å². The minimum Gasteiger partial charge on any atom is -0.493 e. The van der Waals surface area contributed by atoms with Crippen molar-refractivity contribution in [3.05, 3.63) is 18.2 Å². The van der Waals surface area contributed by atoms with Gasteiger partial charge in [-0.25, -0.2) is 8.42 Å². The minimum absolute atomic E-state index is 0.0210. The van der Waals surface area contributed by atoms with Crippen LogP contribution in [0.5, 0.6) is 11.5 Å². The van der Waals surface area contributed by atoms with E-state index in [1.165, 1.54) is 39.5 Å². The van der Waals surface area contributed by atoms with E-state index in [1.54, 1.807) is 6.92 Å². The number of carbonyl (C=O) groups excluding carboxylic acids is 1. The van der Waals surface area contributed by atoms with Gasteiger partial charge in [0, 0.05) is 6.07 Å². The highest BCUT2D eigenvalue weighted by Gasteiger charge is 2.30. The highest BCUT2D eigenvalue weighted by molar-refractivity contribution is 7.89. The molecule has 0 spiro atoms. The van der Waals surface area contributed by atoms with Crippen LogP contribution in [0.1, 0.15) is 20.3 Å². The first-order chi connectivity index (χ1) is 10.8. The van der Waals surface area contributed by atoms with Crippen LogP contribution >= 0.6 is 0 Å². The largest absolute Gasteiger partial charge is 0.493 e. The van der Waals surface area contributed by atoms with Crippen LogP contribution < -0.4 is 14.2 Å². The van der Waals surface area contributed by atoms with Gasteiger partial charge >= 0.3 is 5.97 Å². The maximum Gasteiger partial charge on any atom is 0.324 e. The molecule has 0 heterocycles. The molecule has 0 saturated carbocycles. The van der Waals surface area contributed by atoms with E-state index < -0.39 is 22.0 Å². The van der Waals surface area contributed by atoms with Crippen LogP contribution in [-0.2, 0) is 19.6 Å². The number of rotatable bonds is 8. The molecule has 8 heteroatoms. The first kappa shape index (κ1) is 19.2. The zero-order valence-corrected chi connectivity index (χ0v) is 14.8. The molecule has 0 amide bonds. The van der Waals surface area contributed by atoms with Crippen LogP contribution in [0.4, 0.5) is 0 Å². The zero-order chi connectivity index (χ0) is 17.6. The monoisotopic (exact) mass is 345 g/mol. The smallest absolute Gasteiger partial charge is 0.324 e. The number of sulfonamides is 1. The van der Waals surface area contributed by atoms with Crippen molar-refractivity contribution in [3.63, 3.8) is 0 Å². The second-order valence-corrected chi connectivity index (χ2v) is 6.74. The number of hydrogen-bond acceptors (Lipinski definition) is 6. The third-order valence-electron chi connectivity index (χ3n) is 3.62. The molecule has 0 aliphatic heterocycles. The number of carbonyl (C=O) groups is 1. The Morgan fingerprint density at radius 3 is 2.26 bits per heavy atom. The third-order valence-corrected chi connectivity index (χ3v) is 5.05. The molecule has 1 N–H and O–H groups in total. The van der Waals surface area contributed by atoms with Gasteiger partial charge in [-0.3, -0.25) is 4.79 Å². The summed E-state index contributed by atoms with van der Waals surface area (Å²) in [6, 6.07) is 3.26. The highest BCUT2D eigenvalue weighted by Crippen LogP contribution is 2.29. The molecular weight excluding hydrogens is 322 g/mol. The van der Waals surface area contributed by atoms with Gasteiger partial charge in [-0.2, -0.15) is 4.72 Å². The highest BCUT2D eigenvalue weighted by atomic mass is 32.2. The Balaban J connectivity index is 3.17. The first-order valence-electron chi connectivity index (χ1n) is 7.12. The van der Waals surface area contributed by atoms with Crippen LogP contribution in [0.2, 0.25) is 0 Å². The number of hydrogen-bond donors (Lipinski definition) is 1. The Hall–Kier alpha value is -1.80. The quantitative estimate of drug-likeness (QED) is 0.719. The Labute approximate surface area is 137 Å². The molecule has 0 unspecified atom stereocenters. The SMILES string of the molecule is CC[C@H](C)[C@@H](NS(=O)(=O)c1ccc(OC)c(OC)c1)C(=O)OC. The molecule has 2 atom stereocenters. The summed E-state index contributed by atoms with van der Waals surface area (Å²) in [4.78, 5) is 11.8. The normalized spacial score (nSPS) is 14.0. The molecule has 0 bridgehead atoms. The molecule has 1 rings (SSSR count). The lowest BCUT2D eigenvalue weighted by molar-refractivity contribution is -0.143. The van der Waals surface area contributed by atoms with E-state index in [0.717, 1.165) is 0 Å². The van der Waals surface area contributed by atoms with Gasteiger partial charge in [0.15, 0.2) is 11.5 Å². The predicted octanol–water partition coefficient (Wildman–Crippen LogP) is 1.57. The molecule has 0 radical (unpaired) electrons. The number of esters is 1. The van der Waals surface area contributed by atoms with Gasteiger partial charge in [0.1, 0.15) is 6.04 Å². The number of benzene rings is 1. The maximum atomic E-state index is 12.5. The topological polar surface area (TPSA) is 90.9 Å². The summed E-state index contributed by atoms with van der Waals surface area (Å²) in [6.07, 6.45) is 0.619. The van der Waals surface area contributed by atoms with E-state index in [9.17, 15) is 13.2 Å². The van der Waals surface area contributed by atoms with Gasteiger partial charge in [-0.1, -0.05) is 20.3 Å². The fourth-order valence-electron chi connectivity index (χ4n) is 1.98. The molecule has 1 aromatic rings. The molecule has 0 aromatic heterocycles. The Bertz CT molecular complexity index is 643. The van der Waals surface area contributed by atoms with Crippen molar-refractivity contribution >= 4 is 16.0 Å². The van der Waals surface area contributed by atoms with Crippen LogP contribution in [0.3, 0.4) is 0 Å². The summed E-state index contributed by atoms with van der Waals surface area (Å²) < 4.78 is 42.3. The molecule has 0 aliphatic carbocycles. The van der Waals surface area contributed by atoms with Crippen LogP contribution in [0.25, 0.3) is 0 Å². The van der Waals surface area contributed by atoms with Gasteiger partial charge < -0.3 is 14.2 Å². The van der Waals surface area contributed by atoms with Crippen molar-refractivity contribution in [2.24, 2.45) is 5.92 Å². The summed E-state index contributed by atoms with van der Waals surface area (Å²) in [5, 5.41) is 0.